The number of amides is 1. The summed E-state index contributed by atoms with van der Waals surface area (Å²) in [6.45, 7) is 4.28. The van der Waals surface area contributed by atoms with E-state index in [2.05, 4.69) is 26.6 Å². The molecule has 2 N–H and O–H groups in total. The van der Waals surface area contributed by atoms with Crippen molar-refractivity contribution in [3.05, 3.63) is 58.1 Å². The van der Waals surface area contributed by atoms with Crippen molar-refractivity contribution in [3.63, 3.8) is 0 Å². The van der Waals surface area contributed by atoms with E-state index in [1.54, 1.807) is 0 Å². The van der Waals surface area contributed by atoms with E-state index >= 15 is 0 Å². The van der Waals surface area contributed by atoms with E-state index in [-0.39, 0.29) is 12.5 Å². The molecule has 4 heteroatoms. The monoisotopic (exact) mass is 332 g/mol. The van der Waals surface area contributed by atoms with Gasteiger partial charge >= 0.3 is 0 Å². The molecular weight excluding hydrogens is 316 g/mol. The Bertz CT molecular complexity index is 608. The van der Waals surface area contributed by atoms with Crippen molar-refractivity contribution in [1.29, 1.82) is 0 Å². The Morgan fingerprint density at radius 3 is 2.50 bits per heavy atom. The first-order chi connectivity index (χ1) is 9.56. The van der Waals surface area contributed by atoms with E-state index in [9.17, 15) is 4.79 Å². The molecule has 0 radical (unpaired) electrons. The summed E-state index contributed by atoms with van der Waals surface area (Å²) in [4.78, 5) is 11.9. The van der Waals surface area contributed by atoms with Gasteiger partial charge in [-0.2, -0.15) is 0 Å². The fourth-order valence-electron chi connectivity index (χ4n) is 1.83. The Hall–Kier alpha value is -1.81. The van der Waals surface area contributed by atoms with Crippen LogP contribution in [0.15, 0.2) is 46.9 Å². The Morgan fingerprint density at radius 2 is 1.80 bits per heavy atom. The van der Waals surface area contributed by atoms with E-state index in [1.165, 1.54) is 5.56 Å². The third kappa shape index (κ3) is 3.84. The molecule has 0 saturated carbocycles. The number of halogens is 1. The zero-order valence-electron chi connectivity index (χ0n) is 11.5. The van der Waals surface area contributed by atoms with E-state index < -0.39 is 0 Å². The molecular formula is C16H17BrN2O. The summed E-state index contributed by atoms with van der Waals surface area (Å²) in [5.41, 5.74) is 4.06. The second kappa shape index (κ2) is 6.57. The van der Waals surface area contributed by atoms with Gasteiger partial charge < -0.3 is 10.6 Å². The lowest BCUT2D eigenvalue weighted by Gasteiger charge is -2.11. The van der Waals surface area contributed by atoms with Crippen molar-refractivity contribution >= 4 is 33.2 Å². The van der Waals surface area contributed by atoms with Crippen LogP contribution in [-0.4, -0.2) is 12.5 Å². The number of hydrogen-bond donors (Lipinski definition) is 2. The van der Waals surface area contributed by atoms with Gasteiger partial charge in [-0.1, -0.05) is 28.1 Å². The Balaban J connectivity index is 1.92. The summed E-state index contributed by atoms with van der Waals surface area (Å²) < 4.78 is 1.02. The third-order valence-electron chi connectivity index (χ3n) is 3.18. The van der Waals surface area contributed by atoms with Crippen LogP contribution in [0.4, 0.5) is 11.4 Å². The van der Waals surface area contributed by atoms with Crippen LogP contribution in [0, 0.1) is 13.8 Å². The summed E-state index contributed by atoms with van der Waals surface area (Å²) >= 11 is 3.38. The fourth-order valence-corrected chi connectivity index (χ4v) is 2.10. The summed E-state index contributed by atoms with van der Waals surface area (Å²) in [5, 5.41) is 6.02. The molecule has 2 rings (SSSR count). The summed E-state index contributed by atoms with van der Waals surface area (Å²) in [6, 6.07) is 13.6. The molecule has 0 aromatic heterocycles. The van der Waals surface area contributed by atoms with Crippen molar-refractivity contribution in [2.75, 3.05) is 17.2 Å². The number of carbonyl (C=O) groups is 1. The number of aryl methyl sites for hydroxylation is 1. The molecule has 0 saturated heterocycles. The standard InChI is InChI=1S/C16H17BrN2O/c1-11-4-3-5-15(12(11)2)19-16(20)10-18-14-8-6-13(17)7-9-14/h3-9,18H,10H2,1-2H3,(H,19,20). The molecule has 2 aromatic carbocycles. The van der Waals surface area contributed by atoms with E-state index in [1.807, 2.05) is 56.3 Å². The number of anilines is 2. The van der Waals surface area contributed by atoms with Crippen molar-refractivity contribution in [3.8, 4) is 0 Å². The minimum Gasteiger partial charge on any atom is -0.376 e. The van der Waals surface area contributed by atoms with Gasteiger partial charge in [0.25, 0.3) is 0 Å². The number of hydrogen-bond acceptors (Lipinski definition) is 2. The van der Waals surface area contributed by atoms with Gasteiger partial charge in [0.2, 0.25) is 5.91 Å². The number of nitrogens with one attached hydrogen (secondary N) is 2. The lowest BCUT2D eigenvalue weighted by molar-refractivity contribution is -0.114. The van der Waals surface area contributed by atoms with Crippen LogP contribution in [0.1, 0.15) is 11.1 Å². The van der Waals surface area contributed by atoms with Crippen LogP contribution >= 0.6 is 15.9 Å². The van der Waals surface area contributed by atoms with Crippen LogP contribution in [0.3, 0.4) is 0 Å². The van der Waals surface area contributed by atoms with Crippen LogP contribution < -0.4 is 10.6 Å². The van der Waals surface area contributed by atoms with Gasteiger partial charge in [0, 0.05) is 15.8 Å². The van der Waals surface area contributed by atoms with Crippen molar-refractivity contribution in [2.24, 2.45) is 0 Å². The Labute approximate surface area is 127 Å². The second-order valence-electron chi connectivity index (χ2n) is 4.66. The molecule has 0 aliphatic heterocycles. The zero-order chi connectivity index (χ0) is 14.5. The molecule has 0 aliphatic carbocycles. The largest absolute Gasteiger partial charge is 0.376 e. The highest BCUT2D eigenvalue weighted by atomic mass is 79.9. The first-order valence-electron chi connectivity index (χ1n) is 6.42. The maximum atomic E-state index is 11.9. The lowest BCUT2D eigenvalue weighted by Crippen LogP contribution is -2.22. The highest BCUT2D eigenvalue weighted by Crippen LogP contribution is 2.18. The number of rotatable bonds is 4. The normalized spacial score (nSPS) is 10.2. The van der Waals surface area contributed by atoms with Crippen LogP contribution in [0.25, 0.3) is 0 Å². The van der Waals surface area contributed by atoms with E-state index in [4.69, 9.17) is 0 Å². The molecule has 0 fully saturated rings. The smallest absolute Gasteiger partial charge is 0.243 e. The van der Waals surface area contributed by atoms with E-state index in [0.29, 0.717) is 0 Å². The number of carbonyl (C=O) groups excluding carboxylic acids is 1. The van der Waals surface area contributed by atoms with E-state index in [0.717, 1.165) is 21.4 Å². The van der Waals surface area contributed by atoms with Crippen LogP contribution in [0.5, 0.6) is 0 Å². The van der Waals surface area contributed by atoms with Crippen molar-refractivity contribution in [2.45, 2.75) is 13.8 Å². The molecule has 0 heterocycles. The molecule has 0 atom stereocenters. The van der Waals surface area contributed by atoms with Gasteiger partial charge in [-0.05, 0) is 55.3 Å². The van der Waals surface area contributed by atoms with Crippen LogP contribution in [-0.2, 0) is 4.79 Å². The molecule has 20 heavy (non-hydrogen) atoms. The predicted molar refractivity (Wildman–Crippen MR) is 87.2 cm³/mol. The Morgan fingerprint density at radius 1 is 1.10 bits per heavy atom. The topological polar surface area (TPSA) is 41.1 Å². The quantitative estimate of drug-likeness (QED) is 0.884. The average molecular weight is 333 g/mol. The van der Waals surface area contributed by atoms with Gasteiger partial charge in [0.1, 0.15) is 0 Å². The maximum Gasteiger partial charge on any atom is 0.243 e. The minimum atomic E-state index is -0.0541. The first kappa shape index (κ1) is 14.6. The summed E-state index contributed by atoms with van der Waals surface area (Å²) in [6.07, 6.45) is 0. The molecule has 0 unspecified atom stereocenters. The highest BCUT2D eigenvalue weighted by molar-refractivity contribution is 9.10. The van der Waals surface area contributed by atoms with Crippen LogP contribution in [0.2, 0.25) is 0 Å². The molecule has 0 bridgehead atoms. The molecule has 1 amide bonds. The first-order valence-corrected chi connectivity index (χ1v) is 7.21. The number of benzene rings is 2. The zero-order valence-corrected chi connectivity index (χ0v) is 13.1. The van der Waals surface area contributed by atoms with Gasteiger partial charge in [-0.25, -0.2) is 0 Å². The second-order valence-corrected chi connectivity index (χ2v) is 5.57. The summed E-state index contributed by atoms with van der Waals surface area (Å²) in [5.74, 6) is -0.0541. The SMILES string of the molecule is Cc1cccc(NC(=O)CNc2ccc(Br)cc2)c1C. The van der Waals surface area contributed by atoms with Gasteiger partial charge in [0.15, 0.2) is 0 Å². The Kier molecular flexibility index (Phi) is 4.79. The third-order valence-corrected chi connectivity index (χ3v) is 3.70. The molecule has 3 nitrogen and oxygen atoms in total. The molecule has 104 valence electrons. The van der Waals surface area contributed by atoms with Gasteiger partial charge in [-0.3, -0.25) is 4.79 Å². The molecule has 0 spiro atoms. The van der Waals surface area contributed by atoms with Gasteiger partial charge in [-0.15, -0.1) is 0 Å². The minimum absolute atomic E-state index is 0.0541. The maximum absolute atomic E-state index is 11.9. The summed E-state index contributed by atoms with van der Waals surface area (Å²) in [7, 11) is 0. The lowest BCUT2D eigenvalue weighted by atomic mass is 10.1. The molecule has 0 aliphatic rings. The van der Waals surface area contributed by atoms with Crippen molar-refractivity contribution < 1.29 is 4.79 Å². The predicted octanol–water partition coefficient (Wildman–Crippen LogP) is 4.12. The fraction of sp³-hybridized carbons (Fsp3) is 0.188. The average Bonchev–Trinajstić information content (AvgIpc) is 2.43. The van der Waals surface area contributed by atoms with Crippen molar-refractivity contribution in [1.82, 2.24) is 0 Å². The molecule has 2 aromatic rings. The highest BCUT2D eigenvalue weighted by Gasteiger charge is 2.05. The van der Waals surface area contributed by atoms with Gasteiger partial charge in [0.05, 0.1) is 6.54 Å².